The van der Waals surface area contributed by atoms with Gasteiger partial charge in [-0.15, -0.1) is 0 Å². The second kappa shape index (κ2) is 11.2. The Balaban J connectivity index is 1.10. The number of hydrogen-bond donors (Lipinski definition) is 0. The molecule has 0 aliphatic heterocycles. The standard InChI is InChI=1S/C47H27N3O2/c1-2-10-31-27-32(24-19-28(31)9-1)46-48-45(30-22-20-29(21-23-30)33-13-8-18-41-43(33)37-11-3-5-16-39(37)51-41)49-47(50-46)36-15-7-14-35-34(36)25-26-42-44(35)38-12-4-6-17-40(38)52-42/h1-27H. The molecule has 11 aromatic rings. The zero-order valence-electron chi connectivity index (χ0n) is 27.7. The van der Waals surface area contributed by atoms with Gasteiger partial charge >= 0.3 is 0 Å². The highest BCUT2D eigenvalue weighted by Gasteiger charge is 2.18. The van der Waals surface area contributed by atoms with Crippen molar-refractivity contribution in [2.45, 2.75) is 0 Å². The maximum Gasteiger partial charge on any atom is 0.164 e. The van der Waals surface area contributed by atoms with Crippen LogP contribution in [0.25, 0.3) is 111 Å². The molecule has 0 radical (unpaired) electrons. The van der Waals surface area contributed by atoms with Gasteiger partial charge in [0.05, 0.1) is 0 Å². The molecule has 0 saturated heterocycles. The van der Waals surface area contributed by atoms with Gasteiger partial charge < -0.3 is 8.83 Å². The smallest absolute Gasteiger partial charge is 0.164 e. The van der Waals surface area contributed by atoms with E-state index >= 15 is 0 Å². The van der Waals surface area contributed by atoms with Crippen LogP contribution in [0.3, 0.4) is 0 Å². The summed E-state index contributed by atoms with van der Waals surface area (Å²) < 4.78 is 12.4. The van der Waals surface area contributed by atoms with Gasteiger partial charge in [-0.05, 0) is 69.1 Å². The first-order valence-corrected chi connectivity index (χ1v) is 17.3. The van der Waals surface area contributed by atoms with Crippen LogP contribution < -0.4 is 0 Å². The van der Waals surface area contributed by atoms with Crippen LogP contribution in [-0.2, 0) is 0 Å². The molecular weight excluding hydrogens is 639 g/mol. The highest BCUT2D eigenvalue weighted by Crippen LogP contribution is 2.40. The van der Waals surface area contributed by atoms with E-state index in [2.05, 4.69) is 127 Å². The van der Waals surface area contributed by atoms with Crippen molar-refractivity contribution in [3.05, 3.63) is 164 Å². The third-order valence-corrected chi connectivity index (χ3v) is 10.1. The normalized spacial score (nSPS) is 11.8. The number of benzene rings is 8. The number of fused-ring (bicyclic) bond motifs is 9. The van der Waals surface area contributed by atoms with Crippen molar-refractivity contribution in [3.63, 3.8) is 0 Å². The molecule has 0 unspecified atom stereocenters. The van der Waals surface area contributed by atoms with E-state index in [9.17, 15) is 0 Å². The van der Waals surface area contributed by atoms with Crippen LogP contribution in [0.2, 0.25) is 0 Å². The monoisotopic (exact) mass is 665 g/mol. The van der Waals surface area contributed by atoms with E-state index in [1.54, 1.807) is 0 Å². The van der Waals surface area contributed by atoms with Gasteiger partial charge in [-0.2, -0.15) is 0 Å². The summed E-state index contributed by atoms with van der Waals surface area (Å²) in [7, 11) is 0. The summed E-state index contributed by atoms with van der Waals surface area (Å²) in [5, 5.41) is 8.86. The highest BCUT2D eigenvalue weighted by atomic mass is 16.3. The fourth-order valence-electron chi connectivity index (χ4n) is 7.67. The number of hydrogen-bond acceptors (Lipinski definition) is 5. The van der Waals surface area contributed by atoms with Crippen molar-refractivity contribution in [1.29, 1.82) is 0 Å². The van der Waals surface area contributed by atoms with Gasteiger partial charge in [0.2, 0.25) is 0 Å². The van der Waals surface area contributed by atoms with E-state index in [0.717, 1.165) is 87.9 Å². The number of aromatic nitrogens is 3. The molecule has 3 aromatic heterocycles. The Labute approximate surface area is 297 Å². The first kappa shape index (κ1) is 28.7. The summed E-state index contributed by atoms with van der Waals surface area (Å²) in [6.07, 6.45) is 0. The minimum absolute atomic E-state index is 0.610. The summed E-state index contributed by atoms with van der Waals surface area (Å²) in [4.78, 5) is 15.4. The molecule has 0 bridgehead atoms. The number of nitrogens with zero attached hydrogens (tertiary/aromatic N) is 3. The topological polar surface area (TPSA) is 65.0 Å². The maximum absolute atomic E-state index is 6.23. The van der Waals surface area contributed by atoms with Crippen LogP contribution in [0.1, 0.15) is 0 Å². The van der Waals surface area contributed by atoms with Crippen molar-refractivity contribution < 1.29 is 8.83 Å². The number of furan rings is 2. The molecule has 5 heteroatoms. The zero-order valence-corrected chi connectivity index (χ0v) is 27.7. The van der Waals surface area contributed by atoms with E-state index < -0.39 is 0 Å². The molecule has 11 rings (SSSR count). The second-order valence-electron chi connectivity index (χ2n) is 13.2. The minimum Gasteiger partial charge on any atom is -0.456 e. The van der Waals surface area contributed by atoms with Gasteiger partial charge in [-0.25, -0.2) is 15.0 Å². The van der Waals surface area contributed by atoms with Crippen LogP contribution in [0.5, 0.6) is 0 Å². The van der Waals surface area contributed by atoms with Gasteiger partial charge in [-0.3, -0.25) is 0 Å². The maximum atomic E-state index is 6.23. The number of para-hydroxylation sites is 2. The van der Waals surface area contributed by atoms with Crippen molar-refractivity contribution in [2.24, 2.45) is 0 Å². The summed E-state index contributed by atoms with van der Waals surface area (Å²) in [5.74, 6) is 1.85. The Kier molecular flexibility index (Phi) is 6.18. The molecule has 3 heterocycles. The van der Waals surface area contributed by atoms with Crippen LogP contribution in [0.15, 0.2) is 173 Å². The Morgan fingerprint density at radius 3 is 1.67 bits per heavy atom. The van der Waals surface area contributed by atoms with Crippen LogP contribution in [0, 0.1) is 0 Å². The Morgan fingerprint density at radius 1 is 0.308 bits per heavy atom. The molecule has 0 aliphatic carbocycles. The minimum atomic E-state index is 0.610. The molecule has 8 aromatic carbocycles. The summed E-state index contributed by atoms with van der Waals surface area (Å²) in [5.41, 5.74) is 8.48. The predicted molar refractivity (Wildman–Crippen MR) is 211 cm³/mol. The third-order valence-electron chi connectivity index (χ3n) is 10.1. The van der Waals surface area contributed by atoms with E-state index in [0.29, 0.717) is 17.5 Å². The lowest BCUT2D eigenvalue weighted by Gasteiger charge is -2.12. The first-order chi connectivity index (χ1) is 25.7. The van der Waals surface area contributed by atoms with Crippen molar-refractivity contribution in [1.82, 2.24) is 15.0 Å². The Bertz CT molecular complexity index is 3190. The van der Waals surface area contributed by atoms with Gasteiger partial charge in [0, 0.05) is 38.2 Å². The molecular formula is C47H27N3O2. The molecule has 52 heavy (non-hydrogen) atoms. The van der Waals surface area contributed by atoms with Crippen molar-refractivity contribution >= 4 is 65.4 Å². The van der Waals surface area contributed by atoms with Crippen LogP contribution >= 0.6 is 0 Å². The fraction of sp³-hybridized carbons (Fsp3) is 0. The fourth-order valence-corrected chi connectivity index (χ4v) is 7.67. The van der Waals surface area contributed by atoms with Gasteiger partial charge in [0.1, 0.15) is 22.3 Å². The molecule has 0 fully saturated rings. The van der Waals surface area contributed by atoms with Gasteiger partial charge in [-0.1, -0.05) is 127 Å². The van der Waals surface area contributed by atoms with E-state index in [1.807, 2.05) is 36.4 Å². The van der Waals surface area contributed by atoms with E-state index in [-0.39, 0.29) is 0 Å². The lowest BCUT2D eigenvalue weighted by Crippen LogP contribution is -2.00. The number of rotatable bonds is 4. The summed E-state index contributed by atoms with van der Waals surface area (Å²) in [6.45, 7) is 0. The molecule has 0 spiro atoms. The molecule has 0 aliphatic rings. The van der Waals surface area contributed by atoms with Crippen molar-refractivity contribution in [3.8, 4) is 45.3 Å². The summed E-state index contributed by atoms with van der Waals surface area (Å²) in [6, 6.07) is 56.3. The zero-order chi connectivity index (χ0) is 34.2. The average Bonchev–Trinajstić information content (AvgIpc) is 3.79. The molecule has 0 N–H and O–H groups in total. The van der Waals surface area contributed by atoms with Crippen LogP contribution in [-0.4, -0.2) is 15.0 Å². The first-order valence-electron chi connectivity index (χ1n) is 17.3. The second-order valence-corrected chi connectivity index (χ2v) is 13.2. The van der Waals surface area contributed by atoms with Crippen LogP contribution in [0.4, 0.5) is 0 Å². The molecule has 242 valence electrons. The molecule has 0 amide bonds. The average molecular weight is 666 g/mol. The van der Waals surface area contributed by atoms with Gasteiger partial charge in [0.15, 0.2) is 17.5 Å². The van der Waals surface area contributed by atoms with Gasteiger partial charge in [0.25, 0.3) is 0 Å². The van der Waals surface area contributed by atoms with E-state index in [1.165, 1.54) is 5.39 Å². The summed E-state index contributed by atoms with van der Waals surface area (Å²) >= 11 is 0. The highest BCUT2D eigenvalue weighted by molar-refractivity contribution is 6.20. The molecule has 0 saturated carbocycles. The van der Waals surface area contributed by atoms with E-state index in [4.69, 9.17) is 23.8 Å². The Hall–Kier alpha value is -7.11. The molecule has 0 atom stereocenters. The third kappa shape index (κ3) is 4.46. The quantitative estimate of drug-likeness (QED) is 0.187. The SMILES string of the molecule is c1ccc2cc(-c3nc(-c4ccc(-c5cccc6oc7ccccc7c56)cc4)nc(-c4cccc5c4ccc4oc6ccccc6c45)n3)ccc2c1. The van der Waals surface area contributed by atoms with Crippen molar-refractivity contribution in [2.75, 3.05) is 0 Å². The lowest BCUT2D eigenvalue weighted by molar-refractivity contribution is 0.668. The largest absolute Gasteiger partial charge is 0.456 e. The predicted octanol–water partition coefficient (Wildman–Crippen LogP) is 12.6. The molecule has 5 nitrogen and oxygen atoms in total. The lowest BCUT2D eigenvalue weighted by atomic mass is 9.98. The Morgan fingerprint density at radius 2 is 0.865 bits per heavy atom.